The largest absolute Gasteiger partial charge is 0.456 e. The first-order valence-corrected chi connectivity index (χ1v) is 9.30. The zero-order chi connectivity index (χ0) is 14.8. The van der Waals surface area contributed by atoms with E-state index in [1.54, 1.807) is 0 Å². The number of rotatable bonds is 4. The lowest BCUT2D eigenvalue weighted by Crippen LogP contribution is -2.35. The van der Waals surface area contributed by atoms with Crippen molar-refractivity contribution in [2.24, 2.45) is 5.92 Å². The third-order valence-electron chi connectivity index (χ3n) is 3.37. The normalized spacial score (nSPS) is 13.2. The van der Waals surface area contributed by atoms with Gasteiger partial charge in [0.05, 0.1) is 5.56 Å². The molecule has 0 saturated carbocycles. The number of halogens is 3. The summed E-state index contributed by atoms with van der Waals surface area (Å²) in [5.41, 5.74) is 0.218. The Morgan fingerprint density at radius 1 is 1.32 bits per heavy atom. The van der Waals surface area contributed by atoms with Crippen molar-refractivity contribution in [2.75, 3.05) is 0 Å². The Labute approximate surface area is 155 Å². The van der Waals surface area contributed by atoms with Gasteiger partial charge in [-0.1, -0.05) is 13.8 Å². The Bertz CT molecular complexity index is 484. The summed E-state index contributed by atoms with van der Waals surface area (Å²) in [5.74, 6) is 0.0992. The molecule has 1 atom stereocenters. The average molecular weight is 598 g/mol. The number of benzene rings is 1. The fourth-order valence-corrected chi connectivity index (χ4v) is 3.97. The maximum absolute atomic E-state index is 12.4. The molecule has 0 fully saturated rings. The van der Waals surface area contributed by atoms with E-state index < -0.39 is 5.60 Å². The highest BCUT2D eigenvalue weighted by Crippen LogP contribution is 2.28. The van der Waals surface area contributed by atoms with Crippen LogP contribution in [0, 0.1) is 16.6 Å². The Morgan fingerprint density at radius 3 is 2.42 bits per heavy atom. The van der Waals surface area contributed by atoms with Crippen LogP contribution in [0.1, 0.15) is 44.5 Å². The molecule has 0 aliphatic rings. The second-order valence-electron chi connectivity index (χ2n) is 5.05. The van der Waals surface area contributed by atoms with E-state index in [2.05, 4.69) is 87.7 Å². The quantitative estimate of drug-likeness (QED) is 0.261. The third kappa shape index (κ3) is 4.69. The van der Waals surface area contributed by atoms with E-state index >= 15 is 0 Å². The molecular formula is C14H17I3O2. The fraction of sp³-hybridized carbons (Fsp3) is 0.500. The van der Waals surface area contributed by atoms with E-state index in [-0.39, 0.29) is 5.97 Å². The first-order chi connectivity index (χ1) is 8.69. The highest BCUT2D eigenvalue weighted by Gasteiger charge is 2.30. The van der Waals surface area contributed by atoms with Crippen molar-refractivity contribution in [2.45, 2.75) is 39.7 Å². The molecule has 106 valence electrons. The number of ether oxygens (including phenoxy) is 1. The monoisotopic (exact) mass is 598 g/mol. The van der Waals surface area contributed by atoms with Gasteiger partial charge in [-0.15, -0.1) is 0 Å². The zero-order valence-electron chi connectivity index (χ0n) is 11.4. The van der Waals surface area contributed by atoms with Gasteiger partial charge in [0.25, 0.3) is 0 Å². The maximum atomic E-state index is 12.4. The predicted molar refractivity (Wildman–Crippen MR) is 104 cm³/mol. The second-order valence-corrected chi connectivity index (χ2v) is 8.54. The van der Waals surface area contributed by atoms with Crippen molar-refractivity contribution in [3.8, 4) is 0 Å². The molecule has 0 radical (unpaired) electrons. The molecular weight excluding hydrogens is 581 g/mol. The molecule has 0 heterocycles. The molecule has 1 aromatic rings. The standard InChI is InChI=1S/C14H17I3O2/c1-5-8(2)14(3,4)19-13(18)10-6-9(15)7-11(16)12(10)17/h6-8H,5H2,1-4H3. The minimum atomic E-state index is -0.443. The molecule has 0 aromatic heterocycles. The van der Waals surface area contributed by atoms with E-state index in [0.29, 0.717) is 11.5 Å². The lowest BCUT2D eigenvalue weighted by Gasteiger charge is -2.31. The Hall–Kier alpha value is 0.880. The third-order valence-corrected chi connectivity index (χ3v) is 7.04. The summed E-state index contributed by atoms with van der Waals surface area (Å²) in [5, 5.41) is 0. The van der Waals surface area contributed by atoms with Crippen LogP contribution in [0.4, 0.5) is 0 Å². The van der Waals surface area contributed by atoms with Crippen molar-refractivity contribution in [1.82, 2.24) is 0 Å². The van der Waals surface area contributed by atoms with Gasteiger partial charge >= 0.3 is 5.97 Å². The Morgan fingerprint density at radius 2 is 1.89 bits per heavy atom. The first kappa shape index (κ1) is 17.9. The molecule has 19 heavy (non-hydrogen) atoms. The van der Waals surface area contributed by atoms with E-state index in [0.717, 1.165) is 17.1 Å². The summed E-state index contributed by atoms with van der Waals surface area (Å²) in [6.45, 7) is 8.17. The lowest BCUT2D eigenvalue weighted by molar-refractivity contribution is -0.0269. The molecule has 0 aliphatic carbocycles. The van der Waals surface area contributed by atoms with Crippen LogP contribution in [-0.4, -0.2) is 11.6 Å². The molecule has 0 N–H and O–H groups in total. The van der Waals surface area contributed by atoms with Crippen LogP contribution in [0.15, 0.2) is 12.1 Å². The smallest absolute Gasteiger partial charge is 0.339 e. The minimum absolute atomic E-state index is 0.230. The molecule has 0 bridgehead atoms. The van der Waals surface area contributed by atoms with Gasteiger partial charge in [0.15, 0.2) is 0 Å². The molecule has 0 amide bonds. The minimum Gasteiger partial charge on any atom is -0.456 e. The summed E-state index contributed by atoms with van der Waals surface area (Å²) in [6.07, 6.45) is 0.987. The van der Waals surface area contributed by atoms with Gasteiger partial charge in [0.1, 0.15) is 5.60 Å². The molecule has 2 nitrogen and oxygen atoms in total. The number of hydrogen-bond acceptors (Lipinski definition) is 2. The van der Waals surface area contributed by atoms with Gasteiger partial charge in [-0.05, 0) is 106 Å². The number of carbonyl (C=O) groups excluding carboxylic acids is 1. The highest BCUT2D eigenvalue weighted by atomic mass is 127. The second kappa shape index (κ2) is 7.24. The Balaban J connectivity index is 3.02. The van der Waals surface area contributed by atoms with Gasteiger partial charge in [-0.2, -0.15) is 0 Å². The van der Waals surface area contributed by atoms with Crippen molar-refractivity contribution >= 4 is 73.7 Å². The molecule has 1 unspecified atom stereocenters. The maximum Gasteiger partial charge on any atom is 0.339 e. The fourth-order valence-electron chi connectivity index (χ4n) is 1.59. The molecule has 0 saturated heterocycles. The van der Waals surface area contributed by atoms with Crippen LogP contribution in [0.3, 0.4) is 0 Å². The van der Waals surface area contributed by atoms with E-state index in [1.165, 1.54) is 0 Å². The Kier molecular flexibility index (Phi) is 6.83. The first-order valence-electron chi connectivity index (χ1n) is 6.07. The van der Waals surface area contributed by atoms with Crippen molar-refractivity contribution in [3.05, 3.63) is 28.4 Å². The number of hydrogen-bond donors (Lipinski definition) is 0. The van der Waals surface area contributed by atoms with Gasteiger partial charge in [0, 0.05) is 10.7 Å². The molecule has 1 aromatic carbocycles. The summed E-state index contributed by atoms with van der Waals surface area (Å²) < 4.78 is 8.81. The SMILES string of the molecule is CCC(C)C(C)(C)OC(=O)c1cc(I)cc(I)c1I. The topological polar surface area (TPSA) is 26.3 Å². The van der Waals surface area contributed by atoms with Crippen LogP contribution in [-0.2, 0) is 4.74 Å². The average Bonchev–Trinajstić information content (AvgIpc) is 2.31. The van der Waals surface area contributed by atoms with Gasteiger partial charge < -0.3 is 4.74 Å². The van der Waals surface area contributed by atoms with E-state index in [1.807, 2.05) is 19.9 Å². The van der Waals surface area contributed by atoms with Crippen molar-refractivity contribution in [3.63, 3.8) is 0 Å². The van der Waals surface area contributed by atoms with Crippen LogP contribution in [0.5, 0.6) is 0 Å². The summed E-state index contributed by atoms with van der Waals surface area (Å²) in [6, 6.07) is 3.94. The van der Waals surface area contributed by atoms with Crippen molar-refractivity contribution in [1.29, 1.82) is 0 Å². The van der Waals surface area contributed by atoms with Gasteiger partial charge in [0.2, 0.25) is 0 Å². The predicted octanol–water partition coefficient (Wildman–Crippen LogP) is 5.48. The molecule has 0 aliphatic heterocycles. The van der Waals surface area contributed by atoms with Crippen LogP contribution in [0.25, 0.3) is 0 Å². The number of esters is 1. The summed E-state index contributed by atoms with van der Waals surface area (Å²) in [4.78, 5) is 12.4. The van der Waals surface area contributed by atoms with E-state index in [9.17, 15) is 4.79 Å². The molecule has 5 heteroatoms. The van der Waals surface area contributed by atoms with Crippen molar-refractivity contribution < 1.29 is 9.53 Å². The highest BCUT2D eigenvalue weighted by molar-refractivity contribution is 14.1. The number of carbonyl (C=O) groups is 1. The summed E-state index contributed by atoms with van der Waals surface area (Å²) >= 11 is 6.67. The van der Waals surface area contributed by atoms with Gasteiger partial charge in [-0.25, -0.2) is 4.79 Å². The molecule has 0 spiro atoms. The van der Waals surface area contributed by atoms with Crippen LogP contribution < -0.4 is 0 Å². The van der Waals surface area contributed by atoms with Crippen LogP contribution in [0.2, 0.25) is 0 Å². The van der Waals surface area contributed by atoms with E-state index in [4.69, 9.17) is 4.74 Å². The lowest BCUT2D eigenvalue weighted by atomic mass is 9.90. The van der Waals surface area contributed by atoms with Crippen LogP contribution >= 0.6 is 67.8 Å². The summed E-state index contributed by atoms with van der Waals surface area (Å²) in [7, 11) is 0. The molecule has 1 rings (SSSR count). The van der Waals surface area contributed by atoms with Gasteiger partial charge in [-0.3, -0.25) is 0 Å². The zero-order valence-corrected chi connectivity index (χ0v) is 17.9.